The summed E-state index contributed by atoms with van der Waals surface area (Å²) in [6.07, 6.45) is 1.33. The van der Waals surface area contributed by atoms with Crippen LogP contribution in [0, 0.1) is 0 Å². The highest BCUT2D eigenvalue weighted by Gasteiger charge is 2.07. The molecule has 0 saturated carbocycles. The molecule has 0 aliphatic heterocycles. The van der Waals surface area contributed by atoms with Gasteiger partial charge in [0.1, 0.15) is 12.0 Å². The molecule has 0 aromatic carbocycles. The molecule has 6 heteroatoms. The maximum atomic E-state index is 11.4. The van der Waals surface area contributed by atoms with Crippen LogP contribution >= 0.6 is 0 Å². The summed E-state index contributed by atoms with van der Waals surface area (Å²) >= 11 is 0. The maximum Gasteiger partial charge on any atom is 0.254 e. The quantitative estimate of drug-likeness (QED) is 0.708. The van der Waals surface area contributed by atoms with Crippen molar-refractivity contribution in [1.29, 1.82) is 0 Å². The van der Waals surface area contributed by atoms with Gasteiger partial charge in [-0.2, -0.15) is 0 Å². The van der Waals surface area contributed by atoms with E-state index in [1.165, 1.54) is 13.4 Å². The molecule has 0 aliphatic rings. The third-order valence-corrected chi connectivity index (χ3v) is 2.10. The number of nitrogens with zero attached hydrogens (tertiary/aromatic N) is 2. The minimum atomic E-state index is -0.231. The Morgan fingerprint density at radius 2 is 2.33 bits per heavy atom. The third-order valence-electron chi connectivity index (χ3n) is 2.10. The van der Waals surface area contributed by atoms with Gasteiger partial charge in [-0.15, -0.1) is 0 Å². The predicted octanol–water partition coefficient (Wildman–Crippen LogP) is -0.215. The fraction of sp³-hybridized carbons (Fsp3) is 0.222. The zero-order valence-electron chi connectivity index (χ0n) is 8.15. The van der Waals surface area contributed by atoms with Gasteiger partial charge in [0.05, 0.1) is 12.5 Å². The second-order valence-electron chi connectivity index (χ2n) is 2.97. The van der Waals surface area contributed by atoms with Gasteiger partial charge in [-0.1, -0.05) is 0 Å². The van der Waals surface area contributed by atoms with Gasteiger partial charge < -0.3 is 15.5 Å². The van der Waals surface area contributed by atoms with Gasteiger partial charge in [0.25, 0.3) is 5.56 Å². The lowest BCUT2D eigenvalue weighted by atomic mass is 10.2. The lowest BCUT2D eigenvalue weighted by Crippen LogP contribution is -2.16. The van der Waals surface area contributed by atoms with Gasteiger partial charge in [0.15, 0.2) is 0 Å². The monoisotopic (exact) mass is 206 g/mol. The number of methoxy groups -OCH3 is 1. The summed E-state index contributed by atoms with van der Waals surface area (Å²) in [5.74, 6) is 0.422. The van der Waals surface area contributed by atoms with Crippen molar-refractivity contribution in [3.63, 3.8) is 0 Å². The molecule has 0 fully saturated rings. The number of pyridine rings is 1. The molecule has 0 aliphatic carbocycles. The van der Waals surface area contributed by atoms with Gasteiger partial charge in [-0.3, -0.25) is 4.79 Å². The van der Waals surface area contributed by atoms with E-state index in [1.807, 2.05) is 0 Å². The van der Waals surface area contributed by atoms with E-state index in [2.05, 4.69) is 15.0 Å². The molecule has 0 bridgehead atoms. The van der Waals surface area contributed by atoms with E-state index in [4.69, 9.17) is 10.5 Å². The average Bonchev–Trinajstić information content (AvgIpc) is 2.27. The molecule has 2 aromatic rings. The molecule has 78 valence electrons. The Labute approximate surface area is 85.1 Å². The van der Waals surface area contributed by atoms with E-state index in [1.54, 1.807) is 6.07 Å². The summed E-state index contributed by atoms with van der Waals surface area (Å²) < 4.78 is 5.05. The van der Waals surface area contributed by atoms with Gasteiger partial charge >= 0.3 is 0 Å². The van der Waals surface area contributed by atoms with Crippen LogP contribution in [0.4, 0.5) is 0 Å². The largest absolute Gasteiger partial charge is 0.480 e. The SMILES string of the molecule is COc1ncnc2[nH]c(=O)c(CN)cc12. The van der Waals surface area contributed by atoms with Crippen LogP contribution in [0.5, 0.6) is 5.88 Å². The number of ether oxygens (including phenoxy) is 1. The standard InChI is InChI=1S/C9H10N4O2/c1-15-9-6-2-5(3-10)8(14)13-7(6)11-4-12-9/h2,4H,3,10H2,1H3,(H,11,12,13,14). The summed E-state index contributed by atoms with van der Waals surface area (Å²) in [5.41, 5.74) is 6.13. The summed E-state index contributed by atoms with van der Waals surface area (Å²) in [7, 11) is 1.51. The van der Waals surface area contributed by atoms with Gasteiger partial charge in [-0.25, -0.2) is 9.97 Å². The van der Waals surface area contributed by atoms with E-state index >= 15 is 0 Å². The van der Waals surface area contributed by atoms with Crippen molar-refractivity contribution in [3.05, 3.63) is 28.3 Å². The minimum absolute atomic E-state index is 0.170. The van der Waals surface area contributed by atoms with Crippen LogP contribution < -0.4 is 16.0 Å². The number of H-pyrrole nitrogens is 1. The Hall–Kier alpha value is -1.95. The van der Waals surface area contributed by atoms with Crippen LogP contribution in [0.2, 0.25) is 0 Å². The Kier molecular flexibility index (Phi) is 2.34. The van der Waals surface area contributed by atoms with Gasteiger partial charge in [0.2, 0.25) is 5.88 Å². The topological polar surface area (TPSA) is 93.9 Å². The van der Waals surface area contributed by atoms with Crippen LogP contribution in [-0.2, 0) is 6.54 Å². The molecule has 2 heterocycles. The lowest BCUT2D eigenvalue weighted by molar-refractivity contribution is 0.402. The van der Waals surface area contributed by atoms with Crippen molar-refractivity contribution in [2.24, 2.45) is 5.73 Å². The first kappa shape index (κ1) is 9.60. The van der Waals surface area contributed by atoms with Crippen molar-refractivity contribution >= 4 is 11.0 Å². The highest BCUT2D eigenvalue weighted by Crippen LogP contribution is 2.18. The van der Waals surface area contributed by atoms with Crippen molar-refractivity contribution in [2.45, 2.75) is 6.54 Å². The van der Waals surface area contributed by atoms with Gasteiger partial charge in [0, 0.05) is 12.1 Å². The highest BCUT2D eigenvalue weighted by molar-refractivity contribution is 5.80. The molecular weight excluding hydrogens is 196 g/mol. The Morgan fingerprint density at radius 1 is 1.53 bits per heavy atom. The molecule has 0 atom stereocenters. The lowest BCUT2D eigenvalue weighted by Gasteiger charge is -2.03. The number of rotatable bonds is 2. The molecule has 3 N–H and O–H groups in total. The molecule has 6 nitrogen and oxygen atoms in total. The maximum absolute atomic E-state index is 11.4. The fourth-order valence-electron chi connectivity index (χ4n) is 1.35. The first-order valence-corrected chi connectivity index (χ1v) is 4.37. The van der Waals surface area contributed by atoms with Crippen molar-refractivity contribution < 1.29 is 4.74 Å². The first-order chi connectivity index (χ1) is 7.26. The van der Waals surface area contributed by atoms with Crippen LogP contribution in [0.15, 0.2) is 17.2 Å². The molecule has 2 aromatic heterocycles. The average molecular weight is 206 g/mol. The molecule has 0 amide bonds. The molecule has 0 radical (unpaired) electrons. The molecule has 0 unspecified atom stereocenters. The Bertz CT molecular complexity index is 549. The smallest absolute Gasteiger partial charge is 0.254 e. The van der Waals surface area contributed by atoms with Crippen molar-refractivity contribution in [3.8, 4) is 5.88 Å². The third kappa shape index (κ3) is 1.55. The number of nitrogens with one attached hydrogen (secondary N) is 1. The first-order valence-electron chi connectivity index (χ1n) is 4.37. The number of fused-ring (bicyclic) bond motifs is 1. The van der Waals surface area contributed by atoms with E-state index < -0.39 is 0 Å². The summed E-state index contributed by atoms with van der Waals surface area (Å²) in [5, 5.41) is 0.653. The summed E-state index contributed by atoms with van der Waals surface area (Å²) in [6, 6.07) is 1.65. The number of aromatic amines is 1. The second-order valence-corrected chi connectivity index (χ2v) is 2.97. The summed E-state index contributed by atoms with van der Waals surface area (Å²) in [4.78, 5) is 21.9. The van der Waals surface area contributed by atoms with Crippen molar-refractivity contribution in [2.75, 3.05) is 7.11 Å². The number of hydrogen-bond donors (Lipinski definition) is 2. The molecule has 2 rings (SSSR count). The van der Waals surface area contributed by atoms with Gasteiger partial charge in [-0.05, 0) is 6.07 Å². The van der Waals surface area contributed by atoms with Crippen LogP contribution in [0.1, 0.15) is 5.56 Å². The van der Waals surface area contributed by atoms with E-state index in [9.17, 15) is 4.79 Å². The normalized spacial score (nSPS) is 10.5. The van der Waals surface area contributed by atoms with Crippen LogP contribution in [0.25, 0.3) is 11.0 Å². The van der Waals surface area contributed by atoms with Crippen molar-refractivity contribution in [1.82, 2.24) is 15.0 Å². The predicted molar refractivity (Wildman–Crippen MR) is 54.6 cm³/mol. The van der Waals surface area contributed by atoms with E-state index in [0.29, 0.717) is 22.5 Å². The zero-order chi connectivity index (χ0) is 10.8. The Morgan fingerprint density at radius 3 is 3.00 bits per heavy atom. The Balaban J connectivity index is 2.82. The van der Waals surface area contributed by atoms with E-state index in [-0.39, 0.29) is 12.1 Å². The molecule has 0 saturated heterocycles. The molecular formula is C9H10N4O2. The van der Waals surface area contributed by atoms with E-state index in [0.717, 1.165) is 0 Å². The minimum Gasteiger partial charge on any atom is -0.480 e. The van der Waals surface area contributed by atoms with Crippen LogP contribution in [0.3, 0.4) is 0 Å². The summed E-state index contributed by atoms with van der Waals surface area (Å²) in [6.45, 7) is 0.170. The number of hydrogen-bond acceptors (Lipinski definition) is 5. The number of nitrogens with two attached hydrogens (primary N) is 1. The molecule has 15 heavy (non-hydrogen) atoms. The fourth-order valence-corrected chi connectivity index (χ4v) is 1.35. The zero-order valence-corrected chi connectivity index (χ0v) is 8.15. The molecule has 0 spiro atoms. The second kappa shape index (κ2) is 3.66. The van der Waals surface area contributed by atoms with Crippen LogP contribution in [-0.4, -0.2) is 22.1 Å². The highest BCUT2D eigenvalue weighted by atomic mass is 16.5. The number of aromatic nitrogens is 3.